The van der Waals surface area contributed by atoms with Gasteiger partial charge in [0.25, 0.3) is 0 Å². The highest BCUT2D eigenvalue weighted by molar-refractivity contribution is 5.55. The van der Waals surface area contributed by atoms with Crippen LogP contribution in [0.2, 0.25) is 0 Å². The summed E-state index contributed by atoms with van der Waals surface area (Å²) in [7, 11) is 0. The number of imidazole rings is 1. The first kappa shape index (κ1) is 11.9. The number of fused-ring (bicyclic) bond motifs is 1. The zero-order valence-electron chi connectivity index (χ0n) is 10.8. The third-order valence-electron chi connectivity index (χ3n) is 3.34. The quantitative estimate of drug-likeness (QED) is 0.774. The van der Waals surface area contributed by atoms with Gasteiger partial charge in [-0.1, -0.05) is 36.4 Å². The van der Waals surface area contributed by atoms with Crippen molar-refractivity contribution < 1.29 is 0 Å². The van der Waals surface area contributed by atoms with Gasteiger partial charge in [-0.2, -0.15) is 0 Å². The van der Waals surface area contributed by atoms with Crippen molar-refractivity contribution in [1.29, 1.82) is 0 Å². The molecule has 1 aromatic carbocycles. The van der Waals surface area contributed by atoms with Crippen LogP contribution in [0.3, 0.4) is 0 Å². The van der Waals surface area contributed by atoms with E-state index >= 15 is 0 Å². The second kappa shape index (κ2) is 5.24. The molecule has 2 aromatic heterocycles. The Labute approximate surface area is 112 Å². The monoisotopic (exact) mass is 251 g/mol. The van der Waals surface area contributed by atoms with Crippen LogP contribution < -0.4 is 5.73 Å². The lowest BCUT2D eigenvalue weighted by Crippen LogP contribution is -2.06. The Morgan fingerprint density at radius 2 is 1.89 bits per heavy atom. The topological polar surface area (TPSA) is 43.3 Å². The summed E-state index contributed by atoms with van der Waals surface area (Å²) in [6.45, 7) is 0.627. The summed E-state index contributed by atoms with van der Waals surface area (Å²) in [6.07, 6.45) is 5.74. The van der Waals surface area contributed by atoms with Crippen molar-refractivity contribution >= 4 is 5.52 Å². The van der Waals surface area contributed by atoms with E-state index in [4.69, 9.17) is 5.73 Å². The molecule has 0 saturated carbocycles. The third-order valence-corrected chi connectivity index (χ3v) is 3.34. The minimum atomic E-state index is 0.627. The summed E-state index contributed by atoms with van der Waals surface area (Å²) < 4.78 is 2.14. The molecule has 0 spiro atoms. The van der Waals surface area contributed by atoms with Crippen LogP contribution in [-0.4, -0.2) is 15.9 Å². The zero-order chi connectivity index (χ0) is 13.1. The van der Waals surface area contributed by atoms with Crippen molar-refractivity contribution in [3.8, 4) is 0 Å². The zero-order valence-corrected chi connectivity index (χ0v) is 10.8. The van der Waals surface area contributed by atoms with Gasteiger partial charge in [0.15, 0.2) is 0 Å². The molecular formula is C16H17N3. The minimum absolute atomic E-state index is 0.627. The van der Waals surface area contributed by atoms with E-state index in [2.05, 4.69) is 52.0 Å². The van der Waals surface area contributed by atoms with Crippen LogP contribution in [0, 0.1) is 0 Å². The number of pyridine rings is 1. The molecule has 0 atom stereocenters. The molecule has 0 radical (unpaired) electrons. The van der Waals surface area contributed by atoms with Crippen molar-refractivity contribution in [1.82, 2.24) is 9.38 Å². The van der Waals surface area contributed by atoms with Crippen LogP contribution in [0.5, 0.6) is 0 Å². The van der Waals surface area contributed by atoms with Gasteiger partial charge < -0.3 is 10.1 Å². The molecular weight excluding hydrogens is 234 g/mol. The van der Waals surface area contributed by atoms with Crippen LogP contribution in [0.25, 0.3) is 5.52 Å². The Kier molecular flexibility index (Phi) is 3.29. The number of hydrogen-bond donors (Lipinski definition) is 1. The van der Waals surface area contributed by atoms with E-state index in [1.165, 1.54) is 16.6 Å². The van der Waals surface area contributed by atoms with Crippen LogP contribution in [-0.2, 0) is 12.8 Å². The molecule has 2 N–H and O–H groups in total. The van der Waals surface area contributed by atoms with E-state index in [9.17, 15) is 0 Å². The van der Waals surface area contributed by atoms with Crippen LogP contribution in [0.15, 0.2) is 54.9 Å². The van der Waals surface area contributed by atoms with E-state index in [0.29, 0.717) is 6.54 Å². The number of nitrogens with two attached hydrogens (primary N) is 1. The molecule has 0 amide bonds. The number of rotatable bonds is 4. The van der Waals surface area contributed by atoms with Gasteiger partial charge in [0, 0.05) is 12.6 Å². The molecule has 0 aliphatic heterocycles. The largest absolute Gasteiger partial charge is 0.330 e. The van der Waals surface area contributed by atoms with Gasteiger partial charge in [0.05, 0.1) is 11.7 Å². The van der Waals surface area contributed by atoms with Crippen molar-refractivity contribution in [3.63, 3.8) is 0 Å². The smallest absolute Gasteiger partial charge is 0.114 e. The predicted molar refractivity (Wildman–Crippen MR) is 77.2 cm³/mol. The van der Waals surface area contributed by atoms with E-state index < -0.39 is 0 Å². The van der Waals surface area contributed by atoms with E-state index in [1.807, 2.05) is 12.3 Å². The molecule has 19 heavy (non-hydrogen) atoms. The molecule has 3 rings (SSSR count). The predicted octanol–water partition coefficient (Wildman–Crippen LogP) is 2.43. The second-order valence-electron chi connectivity index (χ2n) is 4.66. The summed E-state index contributed by atoms with van der Waals surface area (Å²) in [4.78, 5) is 4.47. The minimum Gasteiger partial charge on any atom is -0.330 e. The van der Waals surface area contributed by atoms with Gasteiger partial charge >= 0.3 is 0 Å². The Morgan fingerprint density at radius 3 is 2.68 bits per heavy atom. The molecule has 0 bridgehead atoms. The molecule has 3 nitrogen and oxygen atoms in total. The summed E-state index contributed by atoms with van der Waals surface area (Å²) in [5.41, 5.74) is 9.41. The SMILES string of the molecule is NCCc1ncc2c(Cc3ccccc3)cccn12. The maximum atomic E-state index is 5.62. The molecule has 2 heterocycles. The first-order valence-corrected chi connectivity index (χ1v) is 6.56. The van der Waals surface area contributed by atoms with Crippen molar-refractivity contribution in [2.75, 3.05) is 6.54 Å². The summed E-state index contributed by atoms with van der Waals surface area (Å²) in [5.74, 6) is 1.03. The van der Waals surface area contributed by atoms with Crippen LogP contribution in [0.1, 0.15) is 17.0 Å². The lowest BCUT2D eigenvalue weighted by Gasteiger charge is -2.06. The second-order valence-corrected chi connectivity index (χ2v) is 4.66. The van der Waals surface area contributed by atoms with E-state index in [-0.39, 0.29) is 0 Å². The summed E-state index contributed by atoms with van der Waals surface area (Å²) in [6, 6.07) is 14.7. The highest BCUT2D eigenvalue weighted by Gasteiger charge is 2.07. The van der Waals surface area contributed by atoms with Gasteiger partial charge in [-0.15, -0.1) is 0 Å². The Bertz CT molecular complexity index is 671. The fraction of sp³-hybridized carbons (Fsp3) is 0.188. The van der Waals surface area contributed by atoms with Gasteiger partial charge in [-0.05, 0) is 30.2 Å². The average Bonchev–Trinajstić information content (AvgIpc) is 2.85. The maximum absolute atomic E-state index is 5.62. The molecule has 0 unspecified atom stereocenters. The third kappa shape index (κ3) is 2.37. The molecule has 0 aliphatic rings. The average molecular weight is 251 g/mol. The van der Waals surface area contributed by atoms with Gasteiger partial charge in [0.1, 0.15) is 5.82 Å². The van der Waals surface area contributed by atoms with E-state index in [1.54, 1.807) is 0 Å². The number of benzene rings is 1. The Morgan fingerprint density at radius 1 is 1.05 bits per heavy atom. The van der Waals surface area contributed by atoms with E-state index in [0.717, 1.165) is 18.7 Å². The Balaban J connectivity index is 2.00. The van der Waals surface area contributed by atoms with Gasteiger partial charge in [0.2, 0.25) is 0 Å². The normalized spacial score (nSPS) is 11.0. The fourth-order valence-electron chi connectivity index (χ4n) is 2.41. The number of nitrogens with zero attached hydrogens (tertiary/aromatic N) is 2. The highest BCUT2D eigenvalue weighted by atomic mass is 15.0. The molecule has 0 saturated heterocycles. The first-order valence-electron chi connectivity index (χ1n) is 6.56. The summed E-state index contributed by atoms with van der Waals surface area (Å²) >= 11 is 0. The molecule has 0 aliphatic carbocycles. The molecule has 3 aromatic rings. The highest BCUT2D eigenvalue weighted by Crippen LogP contribution is 2.17. The molecule has 3 heteroatoms. The summed E-state index contributed by atoms with van der Waals surface area (Å²) in [5, 5.41) is 0. The fourth-order valence-corrected chi connectivity index (χ4v) is 2.41. The Hall–Kier alpha value is -2.13. The standard InChI is InChI=1S/C16H17N3/c17-9-8-16-18-12-15-14(7-4-10-19(15)16)11-13-5-2-1-3-6-13/h1-7,10,12H,8-9,11,17H2. The van der Waals surface area contributed by atoms with Crippen molar-refractivity contribution in [2.24, 2.45) is 5.73 Å². The van der Waals surface area contributed by atoms with Crippen molar-refractivity contribution in [3.05, 3.63) is 71.8 Å². The first-order chi connectivity index (χ1) is 9.38. The number of hydrogen-bond acceptors (Lipinski definition) is 2. The van der Waals surface area contributed by atoms with Crippen LogP contribution in [0.4, 0.5) is 0 Å². The number of aromatic nitrogens is 2. The maximum Gasteiger partial charge on any atom is 0.114 e. The van der Waals surface area contributed by atoms with Crippen molar-refractivity contribution in [2.45, 2.75) is 12.8 Å². The van der Waals surface area contributed by atoms with Crippen LogP contribution >= 0.6 is 0 Å². The lowest BCUT2D eigenvalue weighted by atomic mass is 10.1. The van der Waals surface area contributed by atoms with Gasteiger partial charge in [-0.25, -0.2) is 4.98 Å². The molecule has 96 valence electrons. The lowest BCUT2D eigenvalue weighted by molar-refractivity contribution is 0.861. The van der Waals surface area contributed by atoms with Gasteiger partial charge in [-0.3, -0.25) is 0 Å². The molecule has 0 fully saturated rings.